The van der Waals surface area contributed by atoms with Gasteiger partial charge in [-0.3, -0.25) is 0 Å². The van der Waals surface area contributed by atoms with Crippen LogP contribution in [0.4, 0.5) is 11.4 Å². The molecule has 0 spiro atoms. The van der Waals surface area contributed by atoms with Crippen molar-refractivity contribution in [2.45, 2.75) is 20.0 Å². The fourth-order valence-electron chi connectivity index (χ4n) is 2.57. The number of piperazine rings is 1. The number of phenolic OH excluding ortho intramolecular Hbond substituents is 1. The van der Waals surface area contributed by atoms with Crippen LogP contribution < -0.4 is 9.64 Å². The van der Waals surface area contributed by atoms with Crippen molar-refractivity contribution >= 4 is 17.1 Å². The summed E-state index contributed by atoms with van der Waals surface area (Å²) in [6.45, 7) is 7.89. The number of fused-ring (bicyclic) bond motifs is 1. The van der Waals surface area contributed by atoms with Crippen molar-refractivity contribution in [3.8, 4) is 11.5 Å². The second-order valence-corrected chi connectivity index (χ2v) is 5.62. The van der Waals surface area contributed by atoms with E-state index in [2.05, 4.69) is 21.8 Å². The lowest BCUT2D eigenvalue weighted by Gasteiger charge is -2.34. The number of nitrogens with zero attached hydrogens (tertiary/aromatic N) is 3. The van der Waals surface area contributed by atoms with Gasteiger partial charge in [-0.1, -0.05) is 0 Å². The van der Waals surface area contributed by atoms with Crippen LogP contribution in [0.25, 0.3) is 0 Å². The van der Waals surface area contributed by atoms with Crippen molar-refractivity contribution < 1.29 is 9.84 Å². The molecule has 0 aliphatic carbocycles. The van der Waals surface area contributed by atoms with E-state index in [1.165, 1.54) is 0 Å². The van der Waals surface area contributed by atoms with E-state index in [1.807, 2.05) is 19.9 Å². The number of aliphatic imine (C=N–C) groups is 1. The molecule has 2 aliphatic heterocycles. The van der Waals surface area contributed by atoms with Crippen LogP contribution in [0.2, 0.25) is 0 Å². The van der Waals surface area contributed by atoms with E-state index in [0.29, 0.717) is 11.4 Å². The first-order valence-corrected chi connectivity index (χ1v) is 7.07. The SMILES string of the molecule is CC1=Nc2c(O)cc(N3CCN(C)CC3)cc2OC1C. The molecule has 1 unspecified atom stereocenters. The second kappa shape index (κ2) is 4.98. The zero-order valence-electron chi connectivity index (χ0n) is 12.3. The van der Waals surface area contributed by atoms with Crippen molar-refractivity contribution in [3.63, 3.8) is 0 Å². The maximum atomic E-state index is 10.2. The first-order chi connectivity index (χ1) is 9.54. The van der Waals surface area contributed by atoms with Gasteiger partial charge >= 0.3 is 0 Å². The second-order valence-electron chi connectivity index (χ2n) is 5.62. The van der Waals surface area contributed by atoms with E-state index in [0.717, 1.165) is 37.6 Å². The summed E-state index contributed by atoms with van der Waals surface area (Å²) in [7, 11) is 2.13. The fraction of sp³-hybridized carbons (Fsp3) is 0.533. The highest BCUT2D eigenvalue weighted by molar-refractivity contribution is 5.92. The number of rotatable bonds is 1. The largest absolute Gasteiger partial charge is 0.505 e. The van der Waals surface area contributed by atoms with Crippen LogP contribution in [-0.2, 0) is 0 Å². The summed E-state index contributed by atoms with van der Waals surface area (Å²) in [5.74, 6) is 0.875. The Morgan fingerprint density at radius 2 is 1.95 bits per heavy atom. The predicted molar refractivity (Wildman–Crippen MR) is 80.7 cm³/mol. The van der Waals surface area contributed by atoms with Gasteiger partial charge in [0.1, 0.15) is 17.5 Å². The van der Waals surface area contributed by atoms with Crippen molar-refractivity contribution in [3.05, 3.63) is 12.1 Å². The molecule has 1 atom stereocenters. The highest BCUT2D eigenvalue weighted by Crippen LogP contribution is 2.43. The Hall–Kier alpha value is -1.75. The predicted octanol–water partition coefficient (Wildman–Crippen LogP) is 2.02. The lowest BCUT2D eigenvalue weighted by atomic mass is 10.1. The molecule has 1 N–H and O–H groups in total. The van der Waals surface area contributed by atoms with Crippen molar-refractivity contribution in [1.82, 2.24) is 4.90 Å². The van der Waals surface area contributed by atoms with Crippen LogP contribution >= 0.6 is 0 Å². The number of aromatic hydroxyl groups is 1. The van der Waals surface area contributed by atoms with E-state index >= 15 is 0 Å². The van der Waals surface area contributed by atoms with Crippen LogP contribution in [-0.4, -0.2) is 55.0 Å². The topological polar surface area (TPSA) is 48.3 Å². The first-order valence-electron chi connectivity index (χ1n) is 7.07. The minimum atomic E-state index is -0.0374. The average Bonchev–Trinajstić information content (AvgIpc) is 2.42. The van der Waals surface area contributed by atoms with Gasteiger partial charge in [-0.2, -0.15) is 0 Å². The van der Waals surface area contributed by atoms with E-state index in [-0.39, 0.29) is 11.9 Å². The number of hydrogen-bond donors (Lipinski definition) is 1. The number of ether oxygens (including phenoxy) is 1. The average molecular weight is 275 g/mol. The Kier molecular flexibility index (Phi) is 3.30. The molecule has 2 heterocycles. The van der Waals surface area contributed by atoms with Gasteiger partial charge in [0, 0.05) is 44.0 Å². The van der Waals surface area contributed by atoms with Gasteiger partial charge in [0.05, 0.1) is 5.71 Å². The number of phenols is 1. The highest BCUT2D eigenvalue weighted by Gasteiger charge is 2.23. The Labute approximate surface area is 119 Å². The van der Waals surface area contributed by atoms with Crippen molar-refractivity contribution in [2.24, 2.45) is 4.99 Å². The quantitative estimate of drug-likeness (QED) is 0.852. The van der Waals surface area contributed by atoms with Gasteiger partial charge in [-0.25, -0.2) is 4.99 Å². The van der Waals surface area contributed by atoms with Crippen LogP contribution in [0.5, 0.6) is 11.5 Å². The van der Waals surface area contributed by atoms with E-state index in [1.54, 1.807) is 6.07 Å². The highest BCUT2D eigenvalue weighted by atomic mass is 16.5. The molecule has 3 rings (SSSR count). The molecule has 0 aromatic heterocycles. The summed E-state index contributed by atoms with van der Waals surface area (Å²) in [6, 6.07) is 3.78. The first kappa shape index (κ1) is 13.2. The molecule has 5 heteroatoms. The summed E-state index contributed by atoms with van der Waals surface area (Å²) >= 11 is 0. The van der Waals surface area contributed by atoms with Crippen LogP contribution in [0.1, 0.15) is 13.8 Å². The number of benzene rings is 1. The minimum absolute atomic E-state index is 0.0374. The summed E-state index contributed by atoms with van der Waals surface area (Å²) in [5.41, 5.74) is 2.45. The molecule has 1 saturated heterocycles. The normalized spacial score (nSPS) is 23.1. The lowest BCUT2D eigenvalue weighted by Crippen LogP contribution is -2.44. The van der Waals surface area contributed by atoms with Gasteiger partial charge in [0.15, 0.2) is 5.75 Å². The minimum Gasteiger partial charge on any atom is -0.505 e. The molecule has 0 saturated carbocycles. The Morgan fingerprint density at radius 3 is 2.65 bits per heavy atom. The van der Waals surface area contributed by atoms with E-state index in [4.69, 9.17) is 4.74 Å². The third kappa shape index (κ3) is 2.33. The molecule has 1 fully saturated rings. The smallest absolute Gasteiger partial charge is 0.151 e. The third-order valence-electron chi connectivity index (χ3n) is 4.09. The zero-order chi connectivity index (χ0) is 14.3. The third-order valence-corrected chi connectivity index (χ3v) is 4.09. The molecule has 108 valence electrons. The Bertz CT molecular complexity index is 548. The van der Waals surface area contributed by atoms with Gasteiger partial charge in [0.25, 0.3) is 0 Å². The van der Waals surface area contributed by atoms with E-state index < -0.39 is 0 Å². The fourth-order valence-corrected chi connectivity index (χ4v) is 2.57. The van der Waals surface area contributed by atoms with Crippen LogP contribution in [0.15, 0.2) is 17.1 Å². The summed E-state index contributed by atoms with van der Waals surface area (Å²) < 4.78 is 5.85. The standard InChI is InChI=1S/C15H21N3O2/c1-10-11(2)20-14-9-12(8-13(19)15(14)16-10)18-6-4-17(3)5-7-18/h8-9,11,19H,4-7H2,1-3H3. The Morgan fingerprint density at radius 1 is 1.25 bits per heavy atom. The summed E-state index contributed by atoms with van der Waals surface area (Å²) in [4.78, 5) is 9.02. The number of hydrogen-bond acceptors (Lipinski definition) is 5. The molecule has 20 heavy (non-hydrogen) atoms. The maximum absolute atomic E-state index is 10.2. The van der Waals surface area contributed by atoms with Crippen molar-refractivity contribution in [1.29, 1.82) is 0 Å². The molecule has 1 aromatic carbocycles. The summed E-state index contributed by atoms with van der Waals surface area (Å²) in [5, 5.41) is 10.2. The van der Waals surface area contributed by atoms with Crippen LogP contribution in [0.3, 0.4) is 0 Å². The lowest BCUT2D eigenvalue weighted by molar-refractivity contribution is 0.280. The number of likely N-dealkylation sites (N-methyl/N-ethyl adjacent to an activating group) is 1. The van der Waals surface area contributed by atoms with Gasteiger partial charge in [-0.05, 0) is 20.9 Å². The molecular weight excluding hydrogens is 254 g/mol. The van der Waals surface area contributed by atoms with E-state index in [9.17, 15) is 5.11 Å². The molecule has 0 bridgehead atoms. The zero-order valence-corrected chi connectivity index (χ0v) is 12.3. The molecule has 5 nitrogen and oxygen atoms in total. The Balaban J connectivity index is 1.92. The molecule has 0 radical (unpaired) electrons. The van der Waals surface area contributed by atoms with Gasteiger partial charge in [-0.15, -0.1) is 0 Å². The van der Waals surface area contributed by atoms with Crippen molar-refractivity contribution in [2.75, 3.05) is 38.1 Å². The maximum Gasteiger partial charge on any atom is 0.151 e. The molecule has 2 aliphatic rings. The van der Waals surface area contributed by atoms with Gasteiger partial charge < -0.3 is 19.6 Å². The summed E-state index contributed by atoms with van der Waals surface area (Å²) in [6.07, 6.45) is -0.0374. The number of anilines is 1. The molecule has 1 aromatic rings. The molecule has 0 amide bonds. The monoisotopic (exact) mass is 275 g/mol. The van der Waals surface area contributed by atoms with Crippen LogP contribution in [0, 0.1) is 0 Å². The molecular formula is C15H21N3O2. The van der Waals surface area contributed by atoms with Gasteiger partial charge in [0.2, 0.25) is 0 Å².